The van der Waals surface area contributed by atoms with Crippen molar-refractivity contribution in [2.45, 2.75) is 48.8 Å². The molecule has 2 fully saturated rings. The van der Waals surface area contributed by atoms with Crippen LogP contribution < -0.4 is 0 Å². The molecule has 0 aromatic heterocycles. The number of thioether (sulfide) groups is 1. The van der Waals surface area contributed by atoms with Crippen molar-refractivity contribution in [1.29, 1.82) is 0 Å². The van der Waals surface area contributed by atoms with E-state index in [0.29, 0.717) is 0 Å². The van der Waals surface area contributed by atoms with Gasteiger partial charge in [-0.25, -0.2) is 0 Å². The van der Waals surface area contributed by atoms with Crippen molar-refractivity contribution in [3.05, 3.63) is 29.8 Å². The lowest BCUT2D eigenvalue weighted by molar-refractivity contribution is 0.331. The van der Waals surface area contributed by atoms with Crippen molar-refractivity contribution in [2.75, 3.05) is 13.1 Å². The Labute approximate surface area is 109 Å². The van der Waals surface area contributed by atoms with Gasteiger partial charge >= 0.3 is 0 Å². The highest BCUT2D eigenvalue weighted by molar-refractivity contribution is 8.00. The van der Waals surface area contributed by atoms with E-state index in [1.54, 1.807) is 0 Å². The molecule has 0 spiro atoms. The molecular weight excluding hydrogens is 226 g/mol. The van der Waals surface area contributed by atoms with Crippen LogP contribution in [0.25, 0.3) is 0 Å². The molecule has 0 atom stereocenters. The monoisotopic (exact) mass is 247 g/mol. The van der Waals surface area contributed by atoms with Gasteiger partial charge in [-0.05, 0) is 56.5 Å². The first-order valence-corrected chi connectivity index (χ1v) is 7.76. The molecule has 0 unspecified atom stereocenters. The molecule has 1 aliphatic heterocycles. The summed E-state index contributed by atoms with van der Waals surface area (Å²) in [6, 6.07) is 9.27. The van der Waals surface area contributed by atoms with Crippen LogP contribution in [0.4, 0.5) is 0 Å². The Kier molecular flexibility index (Phi) is 3.72. The topological polar surface area (TPSA) is 3.24 Å². The molecule has 1 aromatic rings. The van der Waals surface area contributed by atoms with Crippen molar-refractivity contribution in [3.63, 3.8) is 0 Å². The largest absolute Gasteiger partial charge is 0.299 e. The van der Waals surface area contributed by atoms with E-state index in [0.717, 1.165) is 11.8 Å². The van der Waals surface area contributed by atoms with Gasteiger partial charge in [-0.3, -0.25) is 4.90 Å². The molecule has 1 nitrogen and oxygen atoms in total. The second-order valence-corrected chi connectivity index (χ2v) is 6.67. The molecular formula is C15H21NS. The van der Waals surface area contributed by atoms with Gasteiger partial charge in [0.1, 0.15) is 0 Å². The maximum Gasteiger partial charge on any atom is 0.0233 e. The summed E-state index contributed by atoms with van der Waals surface area (Å²) in [6.45, 7) is 3.73. The zero-order chi connectivity index (χ0) is 11.5. The minimum Gasteiger partial charge on any atom is -0.299 e. The molecule has 1 saturated carbocycles. The molecule has 1 saturated heterocycles. The highest BCUT2D eigenvalue weighted by Crippen LogP contribution is 2.36. The third-order valence-corrected chi connectivity index (χ3v) is 5.23. The number of hydrogen-bond donors (Lipinski definition) is 0. The van der Waals surface area contributed by atoms with Gasteiger partial charge in [-0.15, -0.1) is 11.8 Å². The summed E-state index contributed by atoms with van der Waals surface area (Å²) in [7, 11) is 0. The summed E-state index contributed by atoms with van der Waals surface area (Å²) in [5.41, 5.74) is 1.48. The number of nitrogens with zero attached hydrogens (tertiary/aromatic N) is 1. The minimum atomic E-state index is 0.902. The van der Waals surface area contributed by atoms with E-state index in [9.17, 15) is 0 Å². The van der Waals surface area contributed by atoms with Crippen LogP contribution >= 0.6 is 11.8 Å². The quantitative estimate of drug-likeness (QED) is 0.793. The second-order valence-electron chi connectivity index (χ2n) is 5.30. The van der Waals surface area contributed by atoms with Gasteiger partial charge in [0.15, 0.2) is 0 Å². The van der Waals surface area contributed by atoms with Crippen LogP contribution in [0.5, 0.6) is 0 Å². The van der Waals surface area contributed by atoms with Crippen molar-refractivity contribution in [1.82, 2.24) is 4.90 Å². The maximum atomic E-state index is 2.56. The van der Waals surface area contributed by atoms with E-state index in [2.05, 4.69) is 40.9 Å². The molecule has 17 heavy (non-hydrogen) atoms. The molecule has 3 rings (SSSR count). The minimum absolute atomic E-state index is 0.902. The van der Waals surface area contributed by atoms with Gasteiger partial charge < -0.3 is 0 Å². The van der Waals surface area contributed by atoms with Gasteiger partial charge in [0.2, 0.25) is 0 Å². The van der Waals surface area contributed by atoms with Crippen LogP contribution in [0.2, 0.25) is 0 Å². The second kappa shape index (κ2) is 5.45. The number of likely N-dealkylation sites (tertiary alicyclic amines) is 1. The number of benzene rings is 1. The Hall–Kier alpha value is -0.470. The van der Waals surface area contributed by atoms with Gasteiger partial charge in [0.25, 0.3) is 0 Å². The molecule has 2 heteroatoms. The molecule has 2 aliphatic rings. The molecule has 0 radical (unpaired) electrons. The van der Waals surface area contributed by atoms with Crippen LogP contribution in [-0.4, -0.2) is 23.2 Å². The van der Waals surface area contributed by atoms with Crippen LogP contribution in [0, 0.1) is 0 Å². The fourth-order valence-electron chi connectivity index (χ4n) is 2.55. The van der Waals surface area contributed by atoms with Crippen LogP contribution in [0.1, 0.15) is 37.7 Å². The van der Waals surface area contributed by atoms with Crippen LogP contribution in [-0.2, 0) is 6.54 Å². The lowest BCUT2D eigenvalue weighted by Crippen LogP contribution is -2.18. The molecule has 0 bridgehead atoms. The first kappa shape index (κ1) is 11.6. The normalized spacial score (nSPS) is 21.6. The lowest BCUT2D eigenvalue weighted by atomic mass is 10.0. The standard InChI is InChI=1S/C15H21NS/c1-2-11-16(10-1)12-13-6-8-15(9-7-13)17-14-4-3-5-14/h6-9,14H,1-5,10-12H2. The van der Waals surface area contributed by atoms with Crippen molar-refractivity contribution >= 4 is 11.8 Å². The Balaban J connectivity index is 1.55. The highest BCUT2D eigenvalue weighted by Gasteiger charge is 2.18. The smallest absolute Gasteiger partial charge is 0.0233 e. The predicted molar refractivity (Wildman–Crippen MR) is 74.4 cm³/mol. The van der Waals surface area contributed by atoms with Gasteiger partial charge in [-0.1, -0.05) is 18.6 Å². The number of rotatable bonds is 4. The third kappa shape index (κ3) is 3.05. The van der Waals surface area contributed by atoms with Crippen LogP contribution in [0.3, 0.4) is 0 Å². The van der Waals surface area contributed by atoms with E-state index in [1.165, 1.54) is 55.7 Å². The fraction of sp³-hybridized carbons (Fsp3) is 0.600. The summed E-state index contributed by atoms with van der Waals surface area (Å²) in [6.07, 6.45) is 7.04. The third-order valence-electron chi connectivity index (χ3n) is 3.88. The molecule has 1 aliphatic carbocycles. The van der Waals surface area contributed by atoms with E-state index in [1.807, 2.05) is 0 Å². The Morgan fingerprint density at radius 3 is 2.29 bits per heavy atom. The van der Waals surface area contributed by atoms with E-state index >= 15 is 0 Å². The van der Waals surface area contributed by atoms with Crippen LogP contribution in [0.15, 0.2) is 29.2 Å². The maximum absolute atomic E-state index is 2.56. The molecule has 0 amide bonds. The summed E-state index contributed by atoms with van der Waals surface area (Å²) in [5, 5.41) is 0.902. The molecule has 1 aromatic carbocycles. The van der Waals surface area contributed by atoms with E-state index < -0.39 is 0 Å². The molecule has 1 heterocycles. The highest BCUT2D eigenvalue weighted by atomic mass is 32.2. The Bertz CT molecular complexity index is 350. The summed E-state index contributed by atoms with van der Waals surface area (Å²) in [4.78, 5) is 4.02. The zero-order valence-electron chi connectivity index (χ0n) is 10.4. The van der Waals surface area contributed by atoms with E-state index in [-0.39, 0.29) is 0 Å². The summed E-state index contributed by atoms with van der Waals surface area (Å²) >= 11 is 2.07. The average Bonchev–Trinajstić information content (AvgIpc) is 2.78. The summed E-state index contributed by atoms with van der Waals surface area (Å²) < 4.78 is 0. The van der Waals surface area contributed by atoms with Crippen molar-refractivity contribution in [2.24, 2.45) is 0 Å². The molecule has 92 valence electrons. The average molecular weight is 247 g/mol. The predicted octanol–water partition coefficient (Wildman–Crippen LogP) is 3.93. The summed E-state index contributed by atoms with van der Waals surface area (Å²) in [5.74, 6) is 0. The van der Waals surface area contributed by atoms with Crippen molar-refractivity contribution < 1.29 is 0 Å². The van der Waals surface area contributed by atoms with Crippen molar-refractivity contribution in [3.8, 4) is 0 Å². The fourth-order valence-corrected chi connectivity index (χ4v) is 3.80. The first-order chi connectivity index (χ1) is 8.40. The Morgan fingerprint density at radius 1 is 1.00 bits per heavy atom. The Morgan fingerprint density at radius 2 is 1.71 bits per heavy atom. The van der Waals surface area contributed by atoms with Gasteiger partial charge in [0.05, 0.1) is 0 Å². The lowest BCUT2D eigenvalue weighted by Gasteiger charge is -2.24. The first-order valence-electron chi connectivity index (χ1n) is 6.88. The zero-order valence-corrected chi connectivity index (χ0v) is 11.2. The SMILES string of the molecule is c1cc(SC2CCC2)ccc1CN1CCCC1. The van der Waals surface area contributed by atoms with E-state index in [4.69, 9.17) is 0 Å². The van der Waals surface area contributed by atoms with Gasteiger partial charge in [-0.2, -0.15) is 0 Å². The molecule has 0 N–H and O–H groups in total. The number of hydrogen-bond acceptors (Lipinski definition) is 2. The van der Waals surface area contributed by atoms with Gasteiger partial charge in [0, 0.05) is 16.7 Å².